The van der Waals surface area contributed by atoms with Crippen molar-refractivity contribution in [3.8, 4) is 0 Å². The summed E-state index contributed by atoms with van der Waals surface area (Å²) in [7, 11) is 1.93. The summed E-state index contributed by atoms with van der Waals surface area (Å²) in [6.07, 6.45) is 2.29. The van der Waals surface area contributed by atoms with Crippen molar-refractivity contribution in [1.82, 2.24) is 4.90 Å². The summed E-state index contributed by atoms with van der Waals surface area (Å²) in [5, 5.41) is 0.371. The molecule has 0 aliphatic carbocycles. The molecule has 0 saturated heterocycles. The highest BCUT2D eigenvalue weighted by Crippen LogP contribution is 2.28. The van der Waals surface area contributed by atoms with Crippen LogP contribution in [0.3, 0.4) is 0 Å². The van der Waals surface area contributed by atoms with Gasteiger partial charge in [0.15, 0.2) is 5.78 Å². The Morgan fingerprint density at radius 3 is 2.72 bits per heavy atom. The Hall–Kier alpha value is -2.20. The molecule has 2 rings (SSSR count). The number of aliphatic imine (C=N–C) groups is 1. The first kappa shape index (κ1) is 19.1. The van der Waals surface area contributed by atoms with E-state index >= 15 is 0 Å². The van der Waals surface area contributed by atoms with Crippen LogP contribution in [0.4, 0.5) is 10.1 Å². The Morgan fingerprint density at radius 2 is 2.04 bits per heavy atom. The smallest absolute Gasteiger partial charge is 0.164 e. The number of carbonyl (C=O) groups is 1. The highest BCUT2D eigenvalue weighted by Gasteiger charge is 2.14. The third-order valence-corrected chi connectivity index (χ3v) is 4.37. The molecule has 0 bridgehead atoms. The zero-order valence-electron chi connectivity index (χ0n) is 14.7. The molecule has 0 N–H and O–H groups in total. The SMILES string of the molecule is CCN(C)C=Nc1cc(Cl)c(C(=O)CCc2ccccc2F)cc1C. The molecule has 132 valence electrons. The number of hydrogen-bond acceptors (Lipinski definition) is 2. The second-order valence-corrected chi connectivity index (χ2v) is 6.36. The normalized spacial score (nSPS) is 11.1. The van der Waals surface area contributed by atoms with Crippen LogP contribution in [0.5, 0.6) is 0 Å². The molecule has 5 heteroatoms. The highest BCUT2D eigenvalue weighted by atomic mass is 35.5. The van der Waals surface area contributed by atoms with E-state index in [-0.39, 0.29) is 18.0 Å². The maximum Gasteiger partial charge on any atom is 0.164 e. The summed E-state index contributed by atoms with van der Waals surface area (Å²) in [5.74, 6) is -0.389. The second-order valence-electron chi connectivity index (χ2n) is 5.95. The van der Waals surface area contributed by atoms with Crippen LogP contribution in [0.1, 0.15) is 34.8 Å². The molecule has 0 radical (unpaired) electrons. The van der Waals surface area contributed by atoms with E-state index < -0.39 is 0 Å². The number of halogens is 2. The Kier molecular flexibility index (Phi) is 6.71. The van der Waals surface area contributed by atoms with Gasteiger partial charge in [0.1, 0.15) is 5.82 Å². The maximum absolute atomic E-state index is 13.7. The van der Waals surface area contributed by atoms with E-state index in [2.05, 4.69) is 4.99 Å². The Morgan fingerprint density at radius 1 is 1.32 bits per heavy atom. The Labute approximate surface area is 153 Å². The number of rotatable bonds is 7. The maximum atomic E-state index is 13.7. The van der Waals surface area contributed by atoms with Gasteiger partial charge in [-0.05, 0) is 49.6 Å². The molecular formula is C20H22ClFN2O. The average molecular weight is 361 g/mol. The van der Waals surface area contributed by atoms with Crippen molar-refractivity contribution in [2.45, 2.75) is 26.7 Å². The van der Waals surface area contributed by atoms with Crippen LogP contribution in [0.15, 0.2) is 41.4 Å². The Bertz CT molecular complexity index is 789. The molecule has 2 aromatic carbocycles. The van der Waals surface area contributed by atoms with Crippen molar-refractivity contribution < 1.29 is 9.18 Å². The lowest BCUT2D eigenvalue weighted by atomic mass is 10.0. The van der Waals surface area contributed by atoms with Crippen molar-refractivity contribution in [2.75, 3.05) is 13.6 Å². The van der Waals surface area contributed by atoms with Crippen LogP contribution in [0, 0.1) is 12.7 Å². The van der Waals surface area contributed by atoms with Crippen LogP contribution in [-0.4, -0.2) is 30.6 Å². The van der Waals surface area contributed by atoms with Gasteiger partial charge >= 0.3 is 0 Å². The van der Waals surface area contributed by atoms with Gasteiger partial charge in [-0.15, -0.1) is 0 Å². The summed E-state index contributed by atoms with van der Waals surface area (Å²) in [6, 6.07) is 9.95. The van der Waals surface area contributed by atoms with Crippen molar-refractivity contribution in [2.24, 2.45) is 4.99 Å². The van der Waals surface area contributed by atoms with E-state index in [0.717, 1.165) is 17.8 Å². The van der Waals surface area contributed by atoms with Gasteiger partial charge in [-0.25, -0.2) is 9.38 Å². The lowest BCUT2D eigenvalue weighted by Crippen LogP contribution is -2.14. The molecule has 0 aliphatic heterocycles. The van der Waals surface area contributed by atoms with E-state index in [9.17, 15) is 9.18 Å². The number of carbonyl (C=O) groups excluding carboxylic acids is 1. The van der Waals surface area contributed by atoms with Crippen LogP contribution < -0.4 is 0 Å². The predicted molar refractivity (Wildman–Crippen MR) is 102 cm³/mol. The zero-order chi connectivity index (χ0) is 18.4. The molecule has 0 aromatic heterocycles. The number of Topliss-reactive ketones (excluding diaryl/α,β-unsaturated/α-hetero) is 1. The standard InChI is InChI=1S/C20H22ClFN2O/c1-4-24(3)13-23-19-12-17(21)16(11-14(19)2)20(25)10-9-15-7-5-6-8-18(15)22/h5-8,11-13H,4,9-10H2,1-3H3. The molecule has 0 saturated carbocycles. The molecule has 0 fully saturated rings. The van der Waals surface area contributed by atoms with Crippen LogP contribution in [0.2, 0.25) is 5.02 Å². The summed E-state index contributed by atoms with van der Waals surface area (Å²) in [4.78, 5) is 18.8. The number of benzene rings is 2. The quantitative estimate of drug-likeness (QED) is 0.385. The molecule has 25 heavy (non-hydrogen) atoms. The fourth-order valence-corrected chi connectivity index (χ4v) is 2.61. The van der Waals surface area contributed by atoms with Gasteiger partial charge in [-0.1, -0.05) is 29.8 Å². The topological polar surface area (TPSA) is 32.7 Å². The van der Waals surface area contributed by atoms with E-state index in [1.807, 2.05) is 25.8 Å². The average Bonchev–Trinajstić information content (AvgIpc) is 2.60. The van der Waals surface area contributed by atoms with E-state index in [1.165, 1.54) is 6.07 Å². The lowest BCUT2D eigenvalue weighted by Gasteiger charge is -2.11. The molecule has 0 atom stereocenters. The van der Waals surface area contributed by atoms with E-state index in [4.69, 9.17) is 11.6 Å². The summed E-state index contributed by atoms with van der Waals surface area (Å²) in [6.45, 7) is 4.77. The van der Waals surface area contributed by atoms with Crippen molar-refractivity contribution in [3.05, 3.63) is 63.9 Å². The van der Waals surface area contributed by atoms with Gasteiger partial charge in [0.25, 0.3) is 0 Å². The van der Waals surface area contributed by atoms with E-state index in [1.54, 1.807) is 36.7 Å². The summed E-state index contributed by atoms with van der Waals surface area (Å²) >= 11 is 6.28. The van der Waals surface area contributed by atoms with Gasteiger partial charge in [0.05, 0.1) is 17.0 Å². The van der Waals surface area contributed by atoms with Crippen molar-refractivity contribution in [3.63, 3.8) is 0 Å². The first-order valence-corrected chi connectivity index (χ1v) is 8.61. The highest BCUT2D eigenvalue weighted by molar-refractivity contribution is 6.34. The first-order chi connectivity index (χ1) is 11.9. The number of hydrogen-bond donors (Lipinski definition) is 0. The zero-order valence-corrected chi connectivity index (χ0v) is 15.5. The van der Waals surface area contributed by atoms with Crippen LogP contribution in [0.25, 0.3) is 0 Å². The van der Waals surface area contributed by atoms with Gasteiger partial charge in [0, 0.05) is 25.6 Å². The third-order valence-electron chi connectivity index (χ3n) is 4.06. The minimum absolute atomic E-state index is 0.0995. The fourth-order valence-electron chi connectivity index (χ4n) is 2.35. The molecule has 2 aromatic rings. The number of aryl methyl sites for hydroxylation is 2. The molecule has 0 aliphatic rings. The van der Waals surface area contributed by atoms with Gasteiger partial charge < -0.3 is 4.90 Å². The predicted octanol–water partition coefficient (Wildman–Crippen LogP) is 5.21. The lowest BCUT2D eigenvalue weighted by molar-refractivity contribution is 0.0982. The molecule has 0 heterocycles. The van der Waals surface area contributed by atoms with Gasteiger partial charge in [-0.3, -0.25) is 4.79 Å². The minimum Gasteiger partial charge on any atom is -0.366 e. The van der Waals surface area contributed by atoms with Crippen LogP contribution >= 0.6 is 11.6 Å². The van der Waals surface area contributed by atoms with Gasteiger partial charge in [-0.2, -0.15) is 0 Å². The summed E-state index contributed by atoms with van der Waals surface area (Å²) < 4.78 is 13.7. The first-order valence-electron chi connectivity index (χ1n) is 8.23. The largest absolute Gasteiger partial charge is 0.366 e. The van der Waals surface area contributed by atoms with Gasteiger partial charge in [0.2, 0.25) is 0 Å². The number of ketones is 1. The Balaban J connectivity index is 2.13. The van der Waals surface area contributed by atoms with Crippen molar-refractivity contribution in [1.29, 1.82) is 0 Å². The van der Waals surface area contributed by atoms with Crippen molar-refractivity contribution >= 4 is 29.4 Å². The van der Waals surface area contributed by atoms with Crippen LogP contribution in [-0.2, 0) is 6.42 Å². The van der Waals surface area contributed by atoms with E-state index in [0.29, 0.717) is 22.6 Å². The molecule has 0 spiro atoms. The molecular weight excluding hydrogens is 339 g/mol. The molecule has 3 nitrogen and oxygen atoms in total. The third kappa shape index (κ3) is 5.13. The number of nitrogens with zero attached hydrogens (tertiary/aromatic N) is 2. The second kappa shape index (κ2) is 8.77. The minimum atomic E-state index is -0.290. The monoisotopic (exact) mass is 360 g/mol. The fraction of sp³-hybridized carbons (Fsp3) is 0.300. The molecule has 0 unspecified atom stereocenters. The molecule has 0 amide bonds. The summed E-state index contributed by atoms with van der Waals surface area (Å²) in [5.41, 5.74) is 2.60.